The summed E-state index contributed by atoms with van der Waals surface area (Å²) in [5.41, 5.74) is 1.62. The van der Waals surface area contributed by atoms with Gasteiger partial charge in [-0.2, -0.15) is 0 Å². The number of halogens is 2. The highest BCUT2D eigenvalue weighted by atomic mass is 35.5. The monoisotopic (exact) mass is 309 g/mol. The molecular formula is C15H13Cl2NO2. The van der Waals surface area contributed by atoms with E-state index >= 15 is 0 Å². The molecule has 104 valence electrons. The van der Waals surface area contributed by atoms with Crippen LogP contribution < -0.4 is 4.90 Å². The van der Waals surface area contributed by atoms with E-state index in [0.29, 0.717) is 16.6 Å². The fraction of sp³-hybridized carbons (Fsp3) is 0.133. The molecule has 0 aliphatic heterocycles. The lowest BCUT2D eigenvalue weighted by atomic mass is 10.2. The molecule has 2 rings (SSSR count). The van der Waals surface area contributed by atoms with Crippen molar-refractivity contribution in [2.45, 2.75) is 6.54 Å². The van der Waals surface area contributed by atoms with Crippen LogP contribution in [-0.2, 0) is 11.3 Å². The number of anilines is 1. The first-order valence-electron chi connectivity index (χ1n) is 6.02. The Morgan fingerprint density at radius 3 is 2.50 bits per heavy atom. The lowest BCUT2D eigenvalue weighted by Crippen LogP contribution is -2.29. The third-order valence-corrected chi connectivity index (χ3v) is 3.42. The molecule has 20 heavy (non-hydrogen) atoms. The van der Waals surface area contributed by atoms with E-state index in [4.69, 9.17) is 28.3 Å². The van der Waals surface area contributed by atoms with Crippen LogP contribution in [0.15, 0.2) is 48.5 Å². The van der Waals surface area contributed by atoms with Crippen LogP contribution in [-0.4, -0.2) is 17.6 Å². The molecule has 0 aliphatic carbocycles. The largest absolute Gasteiger partial charge is 0.480 e. The van der Waals surface area contributed by atoms with Gasteiger partial charge in [-0.25, -0.2) is 0 Å². The summed E-state index contributed by atoms with van der Waals surface area (Å²) in [6.07, 6.45) is 0. The Morgan fingerprint density at radius 1 is 1.10 bits per heavy atom. The van der Waals surface area contributed by atoms with Gasteiger partial charge in [0.05, 0.1) is 0 Å². The molecule has 0 unspecified atom stereocenters. The number of nitrogens with zero attached hydrogens (tertiary/aromatic N) is 1. The predicted octanol–water partition coefficient (Wildman–Crippen LogP) is 4.08. The number of carboxylic acid groups (broad SMARTS) is 1. The molecule has 5 heteroatoms. The number of rotatable bonds is 5. The fourth-order valence-electron chi connectivity index (χ4n) is 1.91. The Morgan fingerprint density at radius 2 is 1.85 bits per heavy atom. The lowest BCUT2D eigenvalue weighted by molar-refractivity contribution is -0.135. The van der Waals surface area contributed by atoms with E-state index in [-0.39, 0.29) is 6.54 Å². The maximum absolute atomic E-state index is 11.0. The van der Waals surface area contributed by atoms with Gasteiger partial charge in [-0.05, 0) is 29.8 Å². The van der Waals surface area contributed by atoms with Crippen LogP contribution in [0, 0.1) is 0 Å². The summed E-state index contributed by atoms with van der Waals surface area (Å²) in [6.45, 7) is 0.290. The van der Waals surface area contributed by atoms with E-state index in [9.17, 15) is 4.79 Å². The highest BCUT2D eigenvalue weighted by Crippen LogP contribution is 2.23. The van der Waals surface area contributed by atoms with Crippen molar-refractivity contribution >= 4 is 34.9 Å². The maximum atomic E-state index is 11.0. The molecule has 0 amide bonds. The van der Waals surface area contributed by atoms with Gasteiger partial charge in [0.25, 0.3) is 0 Å². The molecule has 0 bridgehead atoms. The molecule has 1 N–H and O–H groups in total. The lowest BCUT2D eigenvalue weighted by Gasteiger charge is -2.23. The van der Waals surface area contributed by atoms with Crippen molar-refractivity contribution in [3.05, 3.63) is 64.1 Å². The Balaban J connectivity index is 2.29. The number of carbonyl (C=O) groups is 1. The van der Waals surface area contributed by atoms with Gasteiger partial charge >= 0.3 is 5.97 Å². The molecule has 0 saturated heterocycles. The van der Waals surface area contributed by atoms with E-state index in [2.05, 4.69) is 0 Å². The quantitative estimate of drug-likeness (QED) is 0.904. The number of carboxylic acids is 1. The molecule has 0 spiro atoms. The number of aliphatic carboxylic acids is 1. The molecule has 0 radical (unpaired) electrons. The number of hydrogen-bond acceptors (Lipinski definition) is 2. The minimum absolute atomic E-state index is 0.119. The molecular weight excluding hydrogens is 297 g/mol. The zero-order chi connectivity index (χ0) is 14.5. The van der Waals surface area contributed by atoms with Crippen LogP contribution in [0.3, 0.4) is 0 Å². The van der Waals surface area contributed by atoms with Crippen molar-refractivity contribution in [3.63, 3.8) is 0 Å². The van der Waals surface area contributed by atoms with Crippen molar-refractivity contribution in [2.75, 3.05) is 11.4 Å². The molecule has 3 nitrogen and oxygen atoms in total. The topological polar surface area (TPSA) is 40.5 Å². The van der Waals surface area contributed by atoms with Crippen molar-refractivity contribution < 1.29 is 9.90 Å². The molecule has 0 fully saturated rings. The summed E-state index contributed by atoms with van der Waals surface area (Å²) in [6, 6.07) is 14.5. The molecule has 0 heterocycles. The zero-order valence-corrected chi connectivity index (χ0v) is 12.1. The van der Waals surface area contributed by atoms with Gasteiger partial charge in [-0.3, -0.25) is 4.79 Å². The van der Waals surface area contributed by atoms with E-state index in [0.717, 1.165) is 11.3 Å². The summed E-state index contributed by atoms with van der Waals surface area (Å²) >= 11 is 12.1. The SMILES string of the molecule is O=C(O)CN(Cc1ccccc1Cl)c1cccc(Cl)c1. The molecule has 0 aliphatic rings. The van der Waals surface area contributed by atoms with Crippen LogP contribution in [0.2, 0.25) is 10.0 Å². The van der Waals surface area contributed by atoms with Crippen molar-refractivity contribution in [3.8, 4) is 0 Å². The number of benzene rings is 2. The van der Waals surface area contributed by atoms with E-state index in [1.54, 1.807) is 29.2 Å². The van der Waals surface area contributed by atoms with Crippen LogP contribution in [0.4, 0.5) is 5.69 Å². The average molecular weight is 310 g/mol. The van der Waals surface area contributed by atoms with E-state index < -0.39 is 5.97 Å². The second-order valence-corrected chi connectivity index (χ2v) is 5.16. The predicted molar refractivity (Wildman–Crippen MR) is 81.6 cm³/mol. The summed E-state index contributed by atoms with van der Waals surface area (Å²) in [7, 11) is 0. The Bertz CT molecular complexity index is 616. The minimum Gasteiger partial charge on any atom is -0.480 e. The van der Waals surface area contributed by atoms with Crippen molar-refractivity contribution in [1.82, 2.24) is 0 Å². The van der Waals surface area contributed by atoms with Gasteiger partial charge in [0, 0.05) is 22.3 Å². The highest BCUT2D eigenvalue weighted by molar-refractivity contribution is 6.31. The zero-order valence-electron chi connectivity index (χ0n) is 10.6. The van der Waals surface area contributed by atoms with E-state index in [1.165, 1.54) is 0 Å². The van der Waals surface area contributed by atoms with Gasteiger partial charge in [-0.1, -0.05) is 47.5 Å². The second kappa shape index (κ2) is 6.64. The third-order valence-electron chi connectivity index (χ3n) is 2.82. The first kappa shape index (κ1) is 14.7. The van der Waals surface area contributed by atoms with Crippen LogP contribution in [0.5, 0.6) is 0 Å². The van der Waals surface area contributed by atoms with Gasteiger partial charge in [-0.15, -0.1) is 0 Å². The normalized spacial score (nSPS) is 10.3. The first-order chi connectivity index (χ1) is 9.56. The first-order valence-corrected chi connectivity index (χ1v) is 6.77. The van der Waals surface area contributed by atoms with Crippen molar-refractivity contribution in [1.29, 1.82) is 0 Å². The van der Waals surface area contributed by atoms with Crippen LogP contribution in [0.25, 0.3) is 0 Å². The summed E-state index contributed by atoms with van der Waals surface area (Å²) in [5, 5.41) is 10.2. The standard InChI is InChI=1S/C15H13Cl2NO2/c16-12-5-3-6-13(8-12)18(10-15(19)20)9-11-4-1-2-7-14(11)17/h1-8H,9-10H2,(H,19,20). The fourth-order valence-corrected chi connectivity index (χ4v) is 2.29. The van der Waals surface area contributed by atoms with Gasteiger partial charge in [0.15, 0.2) is 0 Å². The maximum Gasteiger partial charge on any atom is 0.323 e. The second-order valence-electron chi connectivity index (χ2n) is 4.32. The molecule has 0 atom stereocenters. The number of hydrogen-bond donors (Lipinski definition) is 1. The molecule has 0 saturated carbocycles. The Kier molecular flexibility index (Phi) is 4.88. The van der Waals surface area contributed by atoms with Gasteiger partial charge in [0.2, 0.25) is 0 Å². The summed E-state index contributed by atoms with van der Waals surface area (Å²) in [5.74, 6) is -0.906. The molecule has 2 aromatic rings. The Hall–Kier alpha value is -1.71. The van der Waals surface area contributed by atoms with Crippen LogP contribution in [0.1, 0.15) is 5.56 Å². The van der Waals surface area contributed by atoms with Crippen molar-refractivity contribution in [2.24, 2.45) is 0 Å². The van der Waals surface area contributed by atoms with Gasteiger partial charge < -0.3 is 10.0 Å². The summed E-state index contributed by atoms with van der Waals surface area (Å²) < 4.78 is 0. The molecule has 0 aromatic heterocycles. The average Bonchev–Trinajstić information content (AvgIpc) is 2.40. The summed E-state index contributed by atoms with van der Waals surface area (Å²) in [4.78, 5) is 12.8. The Labute approximate surface area is 127 Å². The van der Waals surface area contributed by atoms with E-state index in [1.807, 2.05) is 24.3 Å². The van der Waals surface area contributed by atoms with Gasteiger partial charge in [0.1, 0.15) is 6.54 Å². The smallest absolute Gasteiger partial charge is 0.323 e. The highest BCUT2D eigenvalue weighted by Gasteiger charge is 2.13. The van der Waals surface area contributed by atoms with Crippen LogP contribution >= 0.6 is 23.2 Å². The molecule has 2 aromatic carbocycles. The third kappa shape index (κ3) is 3.89. The minimum atomic E-state index is -0.906.